The van der Waals surface area contributed by atoms with Gasteiger partial charge in [0.25, 0.3) is 0 Å². The van der Waals surface area contributed by atoms with E-state index in [2.05, 4.69) is 26.1 Å². The van der Waals surface area contributed by atoms with Crippen LogP contribution in [-0.2, 0) is 0 Å². The van der Waals surface area contributed by atoms with Crippen molar-refractivity contribution < 1.29 is 0 Å². The molecule has 1 N–H and O–H groups in total. The van der Waals surface area contributed by atoms with E-state index in [1.54, 1.807) is 0 Å². The molecule has 1 fully saturated rings. The molecule has 0 saturated heterocycles. The predicted octanol–water partition coefficient (Wildman–Crippen LogP) is 3.06. The van der Waals surface area contributed by atoms with Gasteiger partial charge in [0.2, 0.25) is 0 Å². The van der Waals surface area contributed by atoms with E-state index in [9.17, 15) is 0 Å². The normalized spacial score (nSPS) is 34.8. The lowest BCUT2D eigenvalue weighted by Crippen LogP contribution is -2.29. The van der Waals surface area contributed by atoms with E-state index in [-0.39, 0.29) is 0 Å². The first-order chi connectivity index (χ1) is 6.22. The molecular weight excluding hydrogens is 158 g/mol. The highest BCUT2D eigenvalue weighted by atomic mass is 14.9. The topological polar surface area (TPSA) is 12.0 Å². The van der Waals surface area contributed by atoms with E-state index >= 15 is 0 Å². The standard InChI is InChI=1S/C12H25N/c1-4-5-13-9-12-7-10(2)6-11(3)8-12/h10-13H,4-9H2,1-3H3. The van der Waals surface area contributed by atoms with Crippen LogP contribution in [0.15, 0.2) is 0 Å². The quantitative estimate of drug-likeness (QED) is 0.661. The summed E-state index contributed by atoms with van der Waals surface area (Å²) in [6, 6.07) is 0. The van der Waals surface area contributed by atoms with Crippen molar-refractivity contribution in [3.63, 3.8) is 0 Å². The zero-order valence-electron chi connectivity index (χ0n) is 9.47. The second-order valence-corrected chi connectivity index (χ2v) is 4.99. The Bertz CT molecular complexity index is 123. The van der Waals surface area contributed by atoms with Crippen LogP contribution < -0.4 is 5.32 Å². The van der Waals surface area contributed by atoms with Gasteiger partial charge in [-0.25, -0.2) is 0 Å². The lowest BCUT2D eigenvalue weighted by atomic mass is 9.77. The summed E-state index contributed by atoms with van der Waals surface area (Å²) < 4.78 is 0. The van der Waals surface area contributed by atoms with Crippen molar-refractivity contribution in [3.05, 3.63) is 0 Å². The Labute approximate surface area is 83.3 Å². The molecule has 0 aliphatic heterocycles. The van der Waals surface area contributed by atoms with Crippen LogP contribution in [-0.4, -0.2) is 13.1 Å². The molecule has 0 bridgehead atoms. The van der Waals surface area contributed by atoms with Gasteiger partial charge in [0, 0.05) is 0 Å². The van der Waals surface area contributed by atoms with Crippen molar-refractivity contribution in [3.8, 4) is 0 Å². The minimum Gasteiger partial charge on any atom is -0.316 e. The monoisotopic (exact) mass is 183 g/mol. The third-order valence-corrected chi connectivity index (χ3v) is 3.14. The second kappa shape index (κ2) is 5.64. The molecule has 1 heteroatoms. The zero-order chi connectivity index (χ0) is 9.68. The molecule has 0 radical (unpaired) electrons. The third kappa shape index (κ3) is 4.12. The molecule has 1 rings (SSSR count). The summed E-state index contributed by atoms with van der Waals surface area (Å²) >= 11 is 0. The van der Waals surface area contributed by atoms with Crippen molar-refractivity contribution >= 4 is 0 Å². The summed E-state index contributed by atoms with van der Waals surface area (Å²) in [5.41, 5.74) is 0. The SMILES string of the molecule is CCCNCC1CC(C)CC(C)C1. The van der Waals surface area contributed by atoms with Crippen LogP contribution in [0.2, 0.25) is 0 Å². The molecule has 1 aliphatic carbocycles. The van der Waals surface area contributed by atoms with E-state index in [0.717, 1.165) is 17.8 Å². The Kier molecular flexibility index (Phi) is 4.79. The highest BCUT2D eigenvalue weighted by Crippen LogP contribution is 2.32. The Morgan fingerprint density at radius 2 is 1.69 bits per heavy atom. The van der Waals surface area contributed by atoms with E-state index in [4.69, 9.17) is 0 Å². The van der Waals surface area contributed by atoms with Gasteiger partial charge in [-0.15, -0.1) is 0 Å². The van der Waals surface area contributed by atoms with Gasteiger partial charge in [-0.3, -0.25) is 0 Å². The molecule has 1 aliphatic rings. The summed E-state index contributed by atoms with van der Waals surface area (Å²) in [4.78, 5) is 0. The van der Waals surface area contributed by atoms with Gasteiger partial charge in [0.1, 0.15) is 0 Å². The first-order valence-corrected chi connectivity index (χ1v) is 5.93. The fourth-order valence-electron chi connectivity index (χ4n) is 2.76. The number of hydrogen-bond donors (Lipinski definition) is 1. The fourth-order valence-corrected chi connectivity index (χ4v) is 2.76. The van der Waals surface area contributed by atoms with Crippen LogP contribution in [0.3, 0.4) is 0 Å². The average molecular weight is 183 g/mol. The van der Waals surface area contributed by atoms with E-state index < -0.39 is 0 Å². The highest BCUT2D eigenvalue weighted by molar-refractivity contribution is 4.76. The number of hydrogen-bond acceptors (Lipinski definition) is 1. The van der Waals surface area contributed by atoms with Crippen molar-refractivity contribution in [1.29, 1.82) is 0 Å². The largest absolute Gasteiger partial charge is 0.316 e. The highest BCUT2D eigenvalue weighted by Gasteiger charge is 2.23. The minimum absolute atomic E-state index is 0.949. The molecule has 0 spiro atoms. The third-order valence-electron chi connectivity index (χ3n) is 3.14. The molecule has 1 nitrogen and oxygen atoms in total. The summed E-state index contributed by atoms with van der Waals surface area (Å²) in [5, 5.41) is 3.55. The average Bonchev–Trinajstić information content (AvgIpc) is 2.03. The maximum Gasteiger partial charge on any atom is -0.00203 e. The molecule has 13 heavy (non-hydrogen) atoms. The first kappa shape index (κ1) is 11.0. The predicted molar refractivity (Wildman–Crippen MR) is 58.8 cm³/mol. The summed E-state index contributed by atoms with van der Waals surface area (Å²) in [5.74, 6) is 2.86. The molecule has 0 amide bonds. The van der Waals surface area contributed by atoms with Crippen LogP contribution in [0.1, 0.15) is 46.5 Å². The summed E-state index contributed by atoms with van der Waals surface area (Å²) in [6.07, 6.45) is 5.60. The Morgan fingerprint density at radius 3 is 2.23 bits per heavy atom. The van der Waals surface area contributed by atoms with Gasteiger partial charge < -0.3 is 5.32 Å². The maximum atomic E-state index is 3.55. The van der Waals surface area contributed by atoms with Crippen molar-refractivity contribution in [1.82, 2.24) is 5.32 Å². The van der Waals surface area contributed by atoms with Crippen LogP contribution in [0.4, 0.5) is 0 Å². The van der Waals surface area contributed by atoms with Crippen molar-refractivity contribution in [2.24, 2.45) is 17.8 Å². The van der Waals surface area contributed by atoms with Gasteiger partial charge in [-0.2, -0.15) is 0 Å². The van der Waals surface area contributed by atoms with Gasteiger partial charge >= 0.3 is 0 Å². The fraction of sp³-hybridized carbons (Fsp3) is 1.00. The molecule has 2 atom stereocenters. The first-order valence-electron chi connectivity index (χ1n) is 5.93. The minimum atomic E-state index is 0.949. The molecule has 0 aromatic carbocycles. The Balaban J connectivity index is 2.17. The molecule has 0 aromatic rings. The lowest BCUT2D eigenvalue weighted by molar-refractivity contribution is 0.215. The van der Waals surface area contributed by atoms with Gasteiger partial charge in [-0.1, -0.05) is 20.8 Å². The van der Waals surface area contributed by atoms with Crippen molar-refractivity contribution in [2.45, 2.75) is 46.5 Å². The molecule has 0 aromatic heterocycles. The van der Waals surface area contributed by atoms with Crippen LogP contribution in [0, 0.1) is 17.8 Å². The van der Waals surface area contributed by atoms with Gasteiger partial charge in [0.15, 0.2) is 0 Å². The molecule has 0 heterocycles. The Hall–Kier alpha value is -0.0400. The van der Waals surface area contributed by atoms with Gasteiger partial charge in [-0.05, 0) is 56.5 Å². The van der Waals surface area contributed by atoms with E-state index in [0.29, 0.717) is 0 Å². The maximum absolute atomic E-state index is 3.55. The molecule has 78 valence electrons. The molecular formula is C12H25N. The zero-order valence-corrected chi connectivity index (χ0v) is 9.47. The smallest absolute Gasteiger partial charge is 0.00203 e. The number of rotatable bonds is 4. The second-order valence-electron chi connectivity index (χ2n) is 4.99. The van der Waals surface area contributed by atoms with Crippen LogP contribution in [0.25, 0.3) is 0 Å². The number of nitrogens with one attached hydrogen (secondary N) is 1. The lowest BCUT2D eigenvalue weighted by Gasteiger charge is -2.31. The van der Waals surface area contributed by atoms with Crippen LogP contribution in [0.5, 0.6) is 0 Å². The van der Waals surface area contributed by atoms with E-state index in [1.807, 2.05) is 0 Å². The summed E-state index contributed by atoms with van der Waals surface area (Å²) in [6.45, 7) is 9.49. The van der Waals surface area contributed by atoms with Gasteiger partial charge in [0.05, 0.1) is 0 Å². The van der Waals surface area contributed by atoms with Crippen LogP contribution >= 0.6 is 0 Å². The molecule has 2 unspecified atom stereocenters. The summed E-state index contributed by atoms with van der Waals surface area (Å²) in [7, 11) is 0. The molecule has 1 saturated carbocycles. The Morgan fingerprint density at radius 1 is 1.08 bits per heavy atom. The van der Waals surface area contributed by atoms with E-state index in [1.165, 1.54) is 38.8 Å². The van der Waals surface area contributed by atoms with Crippen molar-refractivity contribution in [2.75, 3.05) is 13.1 Å².